The van der Waals surface area contributed by atoms with Crippen molar-refractivity contribution < 1.29 is 14.3 Å². The molecule has 1 unspecified atom stereocenters. The van der Waals surface area contributed by atoms with Gasteiger partial charge in [0.2, 0.25) is 5.91 Å². The fourth-order valence-electron chi connectivity index (χ4n) is 2.87. The van der Waals surface area contributed by atoms with Crippen molar-refractivity contribution in [1.29, 1.82) is 0 Å². The highest BCUT2D eigenvalue weighted by Crippen LogP contribution is 2.14. The van der Waals surface area contributed by atoms with Crippen LogP contribution in [0.2, 0.25) is 0 Å². The van der Waals surface area contributed by atoms with Crippen LogP contribution in [0, 0.1) is 0 Å². The molecule has 1 fully saturated rings. The van der Waals surface area contributed by atoms with Crippen molar-refractivity contribution in [3.8, 4) is 0 Å². The predicted octanol–water partition coefficient (Wildman–Crippen LogP) is 1.50. The molecule has 27 heavy (non-hydrogen) atoms. The van der Waals surface area contributed by atoms with Crippen molar-refractivity contribution in [3.63, 3.8) is 0 Å². The molecule has 0 bridgehead atoms. The molecular weight excluding hydrogens is 366 g/mol. The maximum Gasteiger partial charge on any atom is 0.318 e. The van der Waals surface area contributed by atoms with Gasteiger partial charge < -0.3 is 19.9 Å². The molecule has 0 aromatic carbocycles. The van der Waals surface area contributed by atoms with E-state index in [-0.39, 0.29) is 24.4 Å². The number of ether oxygens (including phenoxy) is 1. The van der Waals surface area contributed by atoms with Crippen LogP contribution < -0.4 is 5.32 Å². The number of hydrogen-bond donors (Lipinski definition) is 1. The Morgan fingerprint density at radius 2 is 2.33 bits per heavy atom. The second-order valence-electron chi connectivity index (χ2n) is 6.31. The first kappa shape index (κ1) is 19.2. The zero-order valence-electron chi connectivity index (χ0n) is 15.2. The van der Waals surface area contributed by atoms with Crippen molar-refractivity contribution >= 4 is 23.3 Å². The fourth-order valence-corrected chi connectivity index (χ4v) is 3.51. The zero-order chi connectivity index (χ0) is 19.1. The lowest BCUT2D eigenvalue weighted by Gasteiger charge is -2.36. The van der Waals surface area contributed by atoms with Gasteiger partial charge in [-0.15, -0.1) is 11.3 Å². The average molecular weight is 389 g/mol. The van der Waals surface area contributed by atoms with E-state index in [4.69, 9.17) is 4.74 Å². The van der Waals surface area contributed by atoms with E-state index in [0.29, 0.717) is 32.8 Å². The van der Waals surface area contributed by atoms with Gasteiger partial charge in [0.25, 0.3) is 0 Å². The Morgan fingerprint density at radius 3 is 3.07 bits per heavy atom. The molecule has 9 heteroatoms. The predicted molar refractivity (Wildman–Crippen MR) is 101 cm³/mol. The van der Waals surface area contributed by atoms with Crippen molar-refractivity contribution in [2.45, 2.75) is 25.6 Å². The Morgan fingerprint density at radius 1 is 1.44 bits per heavy atom. The Bertz CT molecular complexity index is 741. The van der Waals surface area contributed by atoms with Crippen LogP contribution in [-0.2, 0) is 22.6 Å². The molecule has 0 aliphatic carbocycles. The lowest BCUT2D eigenvalue weighted by molar-refractivity contribution is -0.132. The molecule has 8 nitrogen and oxygen atoms in total. The Balaban J connectivity index is 1.54. The largest absolute Gasteiger partial charge is 0.377 e. The average Bonchev–Trinajstić information content (AvgIpc) is 3.21. The lowest BCUT2D eigenvalue weighted by Crippen LogP contribution is -2.53. The smallest absolute Gasteiger partial charge is 0.318 e. The number of carbonyl (C=O) groups excluding carboxylic acids is 2. The summed E-state index contributed by atoms with van der Waals surface area (Å²) in [5.74, 6) is -0.0628. The van der Waals surface area contributed by atoms with E-state index in [0.717, 1.165) is 10.6 Å². The van der Waals surface area contributed by atoms with Gasteiger partial charge in [0.15, 0.2) is 0 Å². The Labute approximate surface area is 162 Å². The fraction of sp³-hybridized carbons (Fsp3) is 0.444. The summed E-state index contributed by atoms with van der Waals surface area (Å²) in [7, 11) is 1.72. The summed E-state index contributed by atoms with van der Waals surface area (Å²) in [6, 6.07) is 3.49. The van der Waals surface area contributed by atoms with Crippen LogP contribution in [0.15, 0.2) is 36.1 Å². The first-order valence-electron chi connectivity index (χ1n) is 8.77. The van der Waals surface area contributed by atoms with Crippen LogP contribution in [0.4, 0.5) is 4.79 Å². The van der Waals surface area contributed by atoms with E-state index in [2.05, 4.69) is 15.3 Å². The molecule has 0 radical (unpaired) electrons. The van der Waals surface area contributed by atoms with E-state index in [1.54, 1.807) is 46.8 Å². The number of amides is 3. The van der Waals surface area contributed by atoms with Gasteiger partial charge in [0, 0.05) is 37.3 Å². The van der Waals surface area contributed by atoms with Crippen LogP contribution in [-0.4, -0.2) is 64.6 Å². The van der Waals surface area contributed by atoms with Gasteiger partial charge in [-0.05, 0) is 11.4 Å². The maximum absolute atomic E-state index is 12.6. The molecule has 1 aliphatic rings. The van der Waals surface area contributed by atoms with E-state index in [9.17, 15) is 9.59 Å². The third kappa shape index (κ3) is 5.48. The normalized spacial score (nSPS) is 16.8. The third-order valence-electron chi connectivity index (χ3n) is 4.33. The van der Waals surface area contributed by atoms with E-state index in [1.807, 2.05) is 17.5 Å². The van der Waals surface area contributed by atoms with Gasteiger partial charge in [-0.25, -0.2) is 4.79 Å². The quantitative estimate of drug-likeness (QED) is 0.809. The summed E-state index contributed by atoms with van der Waals surface area (Å²) in [4.78, 5) is 37.7. The van der Waals surface area contributed by atoms with Crippen LogP contribution in [0.3, 0.4) is 0 Å². The van der Waals surface area contributed by atoms with Crippen LogP contribution in [0.5, 0.6) is 0 Å². The first-order chi connectivity index (χ1) is 13.1. The molecule has 3 rings (SSSR count). The van der Waals surface area contributed by atoms with E-state index >= 15 is 0 Å². The van der Waals surface area contributed by atoms with Gasteiger partial charge in [-0.2, -0.15) is 0 Å². The SMILES string of the molecule is CN(Cc1cnccn1)C(=O)CC1COCCN1C(=O)NCc1cccs1. The van der Waals surface area contributed by atoms with Crippen LogP contribution in [0.1, 0.15) is 17.0 Å². The van der Waals surface area contributed by atoms with Crippen molar-refractivity contribution in [2.75, 3.05) is 26.8 Å². The molecule has 1 atom stereocenters. The molecule has 0 saturated carbocycles. The molecule has 2 aromatic rings. The monoisotopic (exact) mass is 389 g/mol. The Hall–Kier alpha value is -2.52. The highest BCUT2D eigenvalue weighted by atomic mass is 32.1. The number of carbonyl (C=O) groups is 2. The lowest BCUT2D eigenvalue weighted by atomic mass is 10.1. The van der Waals surface area contributed by atoms with Crippen molar-refractivity contribution in [3.05, 3.63) is 46.7 Å². The molecule has 1 aliphatic heterocycles. The minimum atomic E-state index is -0.279. The molecule has 1 N–H and O–H groups in total. The standard InChI is InChI=1S/C18H23N5O3S/c1-22(12-14-10-19-4-5-20-14)17(24)9-15-13-26-7-6-23(15)18(25)21-11-16-3-2-8-27-16/h2-5,8,10,15H,6-7,9,11-13H2,1H3,(H,21,25). The number of urea groups is 1. The summed E-state index contributed by atoms with van der Waals surface area (Å²) in [6.07, 6.45) is 5.04. The zero-order valence-corrected chi connectivity index (χ0v) is 16.0. The minimum absolute atomic E-state index is 0.0628. The molecule has 0 spiro atoms. The molecular formula is C18H23N5O3S. The Kier molecular flexibility index (Phi) is 6.72. The summed E-state index contributed by atoms with van der Waals surface area (Å²) >= 11 is 1.60. The number of aromatic nitrogens is 2. The molecule has 2 aromatic heterocycles. The second kappa shape index (κ2) is 9.43. The van der Waals surface area contributed by atoms with Crippen molar-refractivity contribution in [1.82, 2.24) is 25.1 Å². The number of rotatable bonds is 6. The van der Waals surface area contributed by atoms with Gasteiger partial charge >= 0.3 is 6.03 Å². The molecule has 3 heterocycles. The summed E-state index contributed by atoms with van der Waals surface area (Å²) in [5, 5.41) is 4.90. The molecule has 3 amide bonds. The highest BCUT2D eigenvalue weighted by Gasteiger charge is 2.30. The van der Waals surface area contributed by atoms with Crippen LogP contribution in [0.25, 0.3) is 0 Å². The van der Waals surface area contributed by atoms with Gasteiger partial charge in [-0.3, -0.25) is 14.8 Å². The summed E-state index contributed by atoms with van der Waals surface area (Å²) < 4.78 is 5.50. The minimum Gasteiger partial charge on any atom is -0.377 e. The second-order valence-corrected chi connectivity index (χ2v) is 7.34. The third-order valence-corrected chi connectivity index (χ3v) is 5.21. The number of hydrogen-bond acceptors (Lipinski definition) is 6. The topological polar surface area (TPSA) is 87.7 Å². The van der Waals surface area contributed by atoms with Crippen molar-refractivity contribution in [2.24, 2.45) is 0 Å². The number of thiophene rings is 1. The summed E-state index contributed by atoms with van der Waals surface area (Å²) in [6.45, 7) is 2.18. The van der Waals surface area contributed by atoms with Gasteiger partial charge in [0.1, 0.15) is 0 Å². The number of morpholine rings is 1. The number of nitrogens with zero attached hydrogens (tertiary/aromatic N) is 4. The molecule has 1 saturated heterocycles. The summed E-state index contributed by atoms with van der Waals surface area (Å²) in [5.41, 5.74) is 0.721. The number of nitrogens with one attached hydrogen (secondary N) is 1. The van der Waals surface area contributed by atoms with E-state index in [1.165, 1.54) is 0 Å². The van der Waals surface area contributed by atoms with Gasteiger partial charge in [-0.1, -0.05) is 6.07 Å². The molecule has 144 valence electrons. The highest BCUT2D eigenvalue weighted by molar-refractivity contribution is 7.09. The van der Waals surface area contributed by atoms with Gasteiger partial charge in [0.05, 0.1) is 44.2 Å². The van der Waals surface area contributed by atoms with Crippen LogP contribution >= 0.6 is 11.3 Å². The maximum atomic E-state index is 12.6. The van der Waals surface area contributed by atoms with E-state index < -0.39 is 0 Å². The first-order valence-corrected chi connectivity index (χ1v) is 9.65.